The molecular formula is C12H18N2O5S2. The van der Waals surface area contributed by atoms with Crippen LogP contribution >= 0.6 is 11.3 Å². The lowest BCUT2D eigenvalue weighted by Crippen LogP contribution is -2.45. The number of carbonyl (C=O) groups excluding carboxylic acids is 1. The van der Waals surface area contributed by atoms with Crippen molar-refractivity contribution in [2.75, 3.05) is 13.7 Å². The van der Waals surface area contributed by atoms with Crippen LogP contribution in [0.5, 0.6) is 0 Å². The second kappa shape index (κ2) is 5.99. The van der Waals surface area contributed by atoms with E-state index < -0.39 is 16.0 Å². The molecule has 0 saturated carbocycles. The van der Waals surface area contributed by atoms with E-state index >= 15 is 0 Å². The molecule has 1 atom stereocenters. The number of nitrogens with zero attached hydrogens (tertiary/aromatic N) is 1. The number of methoxy groups -OCH3 is 1. The molecule has 7 nitrogen and oxygen atoms in total. The lowest BCUT2D eigenvalue weighted by molar-refractivity contribution is -0.0599. The van der Waals surface area contributed by atoms with Crippen LogP contribution in [0.4, 0.5) is 0 Å². The van der Waals surface area contributed by atoms with Crippen molar-refractivity contribution in [2.24, 2.45) is 0 Å². The third-order valence-corrected chi connectivity index (χ3v) is 6.07. The van der Waals surface area contributed by atoms with Gasteiger partial charge in [0.15, 0.2) is 9.90 Å². The molecule has 1 fully saturated rings. The van der Waals surface area contributed by atoms with Crippen LogP contribution in [0.2, 0.25) is 0 Å². The average Bonchev–Trinajstić information content (AvgIpc) is 2.86. The average molecular weight is 334 g/mol. The molecule has 0 aliphatic carbocycles. The first-order valence-corrected chi connectivity index (χ1v) is 8.79. The van der Waals surface area contributed by atoms with Gasteiger partial charge in [0, 0.05) is 12.6 Å². The molecule has 0 bridgehead atoms. The highest BCUT2D eigenvalue weighted by Gasteiger charge is 2.34. The third-order valence-electron chi connectivity index (χ3n) is 3.18. The number of nitrogens with one attached hydrogen (secondary N) is 1. The Balaban J connectivity index is 2.19. The zero-order chi connectivity index (χ0) is 15.7. The molecule has 1 aromatic heterocycles. The van der Waals surface area contributed by atoms with Gasteiger partial charge in [-0.1, -0.05) is 0 Å². The molecule has 2 rings (SSSR count). The van der Waals surface area contributed by atoms with Crippen molar-refractivity contribution in [3.8, 4) is 0 Å². The zero-order valence-corrected chi connectivity index (χ0v) is 13.7. The van der Waals surface area contributed by atoms with Crippen LogP contribution in [0, 0.1) is 0 Å². The molecule has 0 amide bonds. The summed E-state index contributed by atoms with van der Waals surface area (Å²) >= 11 is 0.895. The van der Waals surface area contributed by atoms with Crippen LogP contribution in [0.3, 0.4) is 0 Å². The number of hydrogen-bond acceptors (Lipinski definition) is 7. The number of carbonyl (C=O) groups is 1. The van der Waals surface area contributed by atoms with Crippen molar-refractivity contribution in [1.82, 2.24) is 9.71 Å². The lowest BCUT2D eigenvalue weighted by Gasteiger charge is -2.35. The molecule has 1 aliphatic heterocycles. The second-order valence-electron chi connectivity index (χ2n) is 5.40. The van der Waals surface area contributed by atoms with E-state index in [9.17, 15) is 13.2 Å². The van der Waals surface area contributed by atoms with Gasteiger partial charge in [-0.2, -0.15) is 0 Å². The first-order chi connectivity index (χ1) is 9.75. The monoisotopic (exact) mass is 334 g/mol. The minimum absolute atomic E-state index is 0.112. The largest absolute Gasteiger partial charge is 0.464 e. The Morgan fingerprint density at radius 2 is 2.29 bits per heavy atom. The maximum absolute atomic E-state index is 12.4. The molecule has 0 radical (unpaired) electrons. The Morgan fingerprint density at radius 1 is 1.57 bits per heavy atom. The maximum atomic E-state index is 12.4. The predicted octanol–water partition coefficient (Wildman–Crippen LogP) is 1.17. The van der Waals surface area contributed by atoms with E-state index in [4.69, 9.17) is 4.74 Å². The number of sulfonamides is 1. The van der Waals surface area contributed by atoms with Crippen LogP contribution in [-0.2, 0) is 19.5 Å². The Labute approximate surface area is 127 Å². The summed E-state index contributed by atoms with van der Waals surface area (Å²) in [5.41, 5.74) is 0.764. The Kier molecular flexibility index (Phi) is 4.66. The van der Waals surface area contributed by atoms with E-state index in [0.717, 1.165) is 11.3 Å². The van der Waals surface area contributed by atoms with Gasteiger partial charge in [-0.25, -0.2) is 22.9 Å². The highest BCUT2D eigenvalue weighted by atomic mass is 32.2. The van der Waals surface area contributed by atoms with Gasteiger partial charge in [-0.3, -0.25) is 0 Å². The summed E-state index contributed by atoms with van der Waals surface area (Å²) in [6.07, 6.45) is 1.16. The fourth-order valence-corrected chi connectivity index (χ4v) is 4.68. The predicted molar refractivity (Wildman–Crippen MR) is 76.8 cm³/mol. The van der Waals surface area contributed by atoms with Crippen molar-refractivity contribution >= 4 is 27.3 Å². The fraction of sp³-hybridized carbons (Fsp3) is 0.667. The van der Waals surface area contributed by atoms with Crippen LogP contribution in [-0.4, -0.2) is 44.7 Å². The van der Waals surface area contributed by atoms with Crippen molar-refractivity contribution in [1.29, 1.82) is 0 Å². The van der Waals surface area contributed by atoms with Gasteiger partial charge in [0.2, 0.25) is 0 Å². The van der Waals surface area contributed by atoms with E-state index in [0.29, 0.717) is 19.4 Å². The molecule has 1 N–H and O–H groups in total. The summed E-state index contributed by atoms with van der Waals surface area (Å²) in [4.78, 5) is 15.3. The van der Waals surface area contributed by atoms with Crippen molar-refractivity contribution in [2.45, 2.75) is 42.5 Å². The van der Waals surface area contributed by atoms with Crippen molar-refractivity contribution < 1.29 is 22.7 Å². The lowest BCUT2D eigenvalue weighted by atomic mass is 9.95. The number of rotatable bonds is 4. The Hall–Kier alpha value is -1.03. The topological polar surface area (TPSA) is 94.6 Å². The molecule has 1 aromatic rings. The van der Waals surface area contributed by atoms with Gasteiger partial charge in [0.1, 0.15) is 0 Å². The van der Waals surface area contributed by atoms with E-state index in [1.807, 2.05) is 13.8 Å². The molecule has 0 aromatic carbocycles. The summed E-state index contributed by atoms with van der Waals surface area (Å²) in [5.74, 6) is -0.760. The molecule has 2 heterocycles. The zero-order valence-electron chi connectivity index (χ0n) is 12.1. The standard InChI is InChI=1S/C12H18N2O5S2/c1-12(2)6-8(4-5-19-12)14-21(16,17)11-9(10(15)18-3)13-7-20-11/h7-8,14H,4-6H2,1-3H3. The molecule has 0 spiro atoms. The second-order valence-corrected chi connectivity index (χ2v) is 8.16. The number of thiazole rings is 1. The minimum atomic E-state index is -3.80. The first kappa shape index (κ1) is 16.3. The van der Waals surface area contributed by atoms with Crippen LogP contribution in [0.25, 0.3) is 0 Å². The first-order valence-electron chi connectivity index (χ1n) is 6.43. The van der Waals surface area contributed by atoms with Crippen LogP contribution < -0.4 is 4.72 Å². The van der Waals surface area contributed by atoms with Crippen molar-refractivity contribution in [3.05, 3.63) is 11.2 Å². The van der Waals surface area contributed by atoms with Crippen LogP contribution in [0.1, 0.15) is 37.2 Å². The van der Waals surface area contributed by atoms with E-state index in [1.54, 1.807) is 0 Å². The Bertz CT molecular complexity index is 623. The Morgan fingerprint density at radius 3 is 2.90 bits per heavy atom. The molecule has 9 heteroatoms. The number of ether oxygens (including phenoxy) is 2. The highest BCUT2D eigenvalue weighted by Crippen LogP contribution is 2.27. The minimum Gasteiger partial charge on any atom is -0.464 e. The summed E-state index contributed by atoms with van der Waals surface area (Å²) in [6, 6.07) is -0.230. The van der Waals surface area contributed by atoms with Gasteiger partial charge in [0.25, 0.3) is 10.0 Å². The number of hydrogen-bond donors (Lipinski definition) is 1. The maximum Gasteiger partial charge on any atom is 0.358 e. The van der Waals surface area contributed by atoms with Gasteiger partial charge in [0.05, 0.1) is 18.2 Å². The molecule has 1 saturated heterocycles. The van der Waals surface area contributed by atoms with E-state index in [2.05, 4.69) is 14.4 Å². The van der Waals surface area contributed by atoms with E-state index in [-0.39, 0.29) is 21.5 Å². The smallest absolute Gasteiger partial charge is 0.358 e. The molecule has 1 aliphatic rings. The van der Waals surface area contributed by atoms with E-state index in [1.165, 1.54) is 12.6 Å². The van der Waals surface area contributed by atoms with Gasteiger partial charge in [-0.15, -0.1) is 11.3 Å². The van der Waals surface area contributed by atoms with Gasteiger partial charge < -0.3 is 9.47 Å². The number of esters is 1. The quantitative estimate of drug-likeness (QED) is 0.831. The highest BCUT2D eigenvalue weighted by molar-refractivity contribution is 7.91. The third kappa shape index (κ3) is 3.79. The van der Waals surface area contributed by atoms with Gasteiger partial charge in [-0.05, 0) is 26.7 Å². The summed E-state index contributed by atoms with van der Waals surface area (Å²) < 4.78 is 37.5. The molecular weight excluding hydrogens is 316 g/mol. The molecule has 1 unspecified atom stereocenters. The van der Waals surface area contributed by atoms with Crippen LogP contribution in [0.15, 0.2) is 9.72 Å². The van der Waals surface area contributed by atoms with Gasteiger partial charge >= 0.3 is 5.97 Å². The molecule has 118 valence electrons. The number of aromatic nitrogens is 1. The molecule has 21 heavy (non-hydrogen) atoms. The fourth-order valence-electron chi connectivity index (χ4n) is 2.26. The normalized spacial score (nSPS) is 22.0. The summed E-state index contributed by atoms with van der Waals surface area (Å²) in [6.45, 7) is 4.33. The summed E-state index contributed by atoms with van der Waals surface area (Å²) in [5, 5.41) is 0. The van der Waals surface area contributed by atoms with Crippen molar-refractivity contribution in [3.63, 3.8) is 0 Å². The SMILES string of the molecule is COC(=O)c1ncsc1S(=O)(=O)NC1CCOC(C)(C)C1. The summed E-state index contributed by atoms with van der Waals surface area (Å²) in [7, 11) is -2.62.